The summed E-state index contributed by atoms with van der Waals surface area (Å²) < 4.78 is 0. The molecule has 116 valence electrons. The van der Waals surface area contributed by atoms with Crippen molar-refractivity contribution in [3.63, 3.8) is 0 Å². The number of anilines is 3. The van der Waals surface area contributed by atoms with Gasteiger partial charge in [-0.25, -0.2) is 4.98 Å². The fraction of sp³-hybridized carbons (Fsp3) is 0.118. The average molecular weight is 307 g/mol. The number of benzene rings is 1. The first-order valence-corrected chi connectivity index (χ1v) is 7.31. The number of nitrogens with zero attached hydrogens (tertiary/aromatic N) is 3. The molecule has 0 saturated carbocycles. The van der Waals surface area contributed by atoms with Gasteiger partial charge >= 0.3 is 0 Å². The van der Waals surface area contributed by atoms with Gasteiger partial charge < -0.3 is 15.7 Å². The summed E-state index contributed by atoms with van der Waals surface area (Å²) in [6, 6.07) is 15.5. The molecule has 0 amide bonds. The second-order valence-electron chi connectivity index (χ2n) is 4.84. The zero-order chi connectivity index (χ0) is 15.9. The molecule has 0 aliphatic heterocycles. The highest BCUT2D eigenvalue weighted by atomic mass is 16.3. The number of aromatic nitrogens is 3. The van der Waals surface area contributed by atoms with E-state index < -0.39 is 0 Å². The van der Waals surface area contributed by atoms with Crippen LogP contribution in [0.2, 0.25) is 0 Å². The van der Waals surface area contributed by atoms with Gasteiger partial charge in [-0.1, -0.05) is 18.2 Å². The van der Waals surface area contributed by atoms with E-state index in [1.807, 2.05) is 48.5 Å². The van der Waals surface area contributed by atoms with Gasteiger partial charge in [0, 0.05) is 36.3 Å². The molecule has 6 heteroatoms. The number of nitrogens with one attached hydrogen (secondary N) is 2. The molecule has 3 N–H and O–H groups in total. The smallest absolute Gasteiger partial charge is 0.225 e. The van der Waals surface area contributed by atoms with E-state index in [-0.39, 0.29) is 6.61 Å². The van der Waals surface area contributed by atoms with Gasteiger partial charge in [-0.3, -0.25) is 4.98 Å². The highest BCUT2D eigenvalue weighted by Crippen LogP contribution is 2.23. The van der Waals surface area contributed by atoms with Crippen LogP contribution >= 0.6 is 0 Å². The van der Waals surface area contributed by atoms with Gasteiger partial charge in [0.1, 0.15) is 5.82 Å². The number of hydrogen-bond acceptors (Lipinski definition) is 6. The van der Waals surface area contributed by atoms with Crippen molar-refractivity contribution in [2.45, 2.75) is 0 Å². The van der Waals surface area contributed by atoms with E-state index in [9.17, 15) is 0 Å². The normalized spacial score (nSPS) is 10.3. The third kappa shape index (κ3) is 4.02. The number of hydrogen-bond donors (Lipinski definition) is 3. The van der Waals surface area contributed by atoms with Crippen LogP contribution in [0.5, 0.6) is 0 Å². The molecule has 0 unspecified atom stereocenters. The van der Waals surface area contributed by atoms with E-state index in [4.69, 9.17) is 5.11 Å². The lowest BCUT2D eigenvalue weighted by Crippen LogP contribution is -2.10. The fourth-order valence-electron chi connectivity index (χ4n) is 2.10. The van der Waals surface area contributed by atoms with Crippen LogP contribution in [-0.2, 0) is 0 Å². The number of pyridine rings is 1. The van der Waals surface area contributed by atoms with E-state index in [2.05, 4.69) is 25.6 Å². The molecule has 2 heterocycles. The SMILES string of the molecule is OCCNc1nc(Nc2ccccc2)cc(-c2ccncc2)n1. The Morgan fingerprint density at radius 2 is 1.74 bits per heavy atom. The molecule has 23 heavy (non-hydrogen) atoms. The van der Waals surface area contributed by atoms with Crippen molar-refractivity contribution in [3.8, 4) is 11.3 Å². The molecule has 0 aliphatic carbocycles. The minimum atomic E-state index is 0.0181. The van der Waals surface area contributed by atoms with Crippen LogP contribution in [0, 0.1) is 0 Å². The number of aliphatic hydroxyl groups excluding tert-OH is 1. The molecule has 0 radical (unpaired) electrons. The molecule has 0 saturated heterocycles. The second kappa shape index (κ2) is 7.33. The van der Waals surface area contributed by atoms with Crippen molar-refractivity contribution in [3.05, 3.63) is 60.9 Å². The lowest BCUT2D eigenvalue weighted by Gasteiger charge is -2.11. The quantitative estimate of drug-likeness (QED) is 0.649. The molecular formula is C17H17N5O. The van der Waals surface area contributed by atoms with E-state index in [1.54, 1.807) is 12.4 Å². The Kier molecular flexibility index (Phi) is 4.76. The zero-order valence-corrected chi connectivity index (χ0v) is 12.5. The Hall–Kier alpha value is -2.99. The second-order valence-corrected chi connectivity index (χ2v) is 4.84. The Morgan fingerprint density at radius 3 is 2.48 bits per heavy atom. The van der Waals surface area contributed by atoms with Crippen LogP contribution in [0.1, 0.15) is 0 Å². The number of rotatable bonds is 6. The molecule has 3 rings (SSSR count). The van der Waals surface area contributed by atoms with E-state index in [1.165, 1.54) is 0 Å². The number of para-hydroxylation sites is 1. The van der Waals surface area contributed by atoms with E-state index >= 15 is 0 Å². The van der Waals surface area contributed by atoms with Crippen LogP contribution < -0.4 is 10.6 Å². The highest BCUT2D eigenvalue weighted by molar-refractivity contribution is 5.67. The molecule has 2 aromatic heterocycles. The van der Waals surface area contributed by atoms with Crippen molar-refractivity contribution in [2.75, 3.05) is 23.8 Å². The molecule has 0 fully saturated rings. The summed E-state index contributed by atoms with van der Waals surface area (Å²) in [5.74, 6) is 1.14. The first-order chi connectivity index (χ1) is 11.3. The third-order valence-corrected chi connectivity index (χ3v) is 3.14. The summed E-state index contributed by atoms with van der Waals surface area (Å²) in [5, 5.41) is 15.2. The Labute approximate surface area is 134 Å². The standard InChI is InChI=1S/C17H17N5O/c23-11-10-19-17-21-15(13-6-8-18-9-7-13)12-16(22-17)20-14-4-2-1-3-5-14/h1-9,12,23H,10-11H2,(H2,19,20,21,22). The Morgan fingerprint density at radius 1 is 0.957 bits per heavy atom. The maximum Gasteiger partial charge on any atom is 0.225 e. The Balaban J connectivity index is 1.94. The third-order valence-electron chi connectivity index (χ3n) is 3.14. The lowest BCUT2D eigenvalue weighted by molar-refractivity contribution is 0.311. The first-order valence-electron chi connectivity index (χ1n) is 7.31. The van der Waals surface area contributed by atoms with Crippen molar-refractivity contribution in [2.24, 2.45) is 0 Å². The van der Waals surface area contributed by atoms with E-state index in [0.29, 0.717) is 18.3 Å². The van der Waals surface area contributed by atoms with Gasteiger partial charge in [-0.15, -0.1) is 0 Å². The van der Waals surface area contributed by atoms with Crippen molar-refractivity contribution >= 4 is 17.5 Å². The topological polar surface area (TPSA) is 83.0 Å². The monoisotopic (exact) mass is 307 g/mol. The average Bonchev–Trinajstić information content (AvgIpc) is 2.61. The van der Waals surface area contributed by atoms with Crippen molar-refractivity contribution in [1.29, 1.82) is 0 Å². The summed E-state index contributed by atoms with van der Waals surface area (Å²) in [7, 11) is 0. The van der Waals surface area contributed by atoms with Gasteiger partial charge in [0.15, 0.2) is 0 Å². The van der Waals surface area contributed by atoms with E-state index in [0.717, 1.165) is 16.9 Å². The van der Waals surface area contributed by atoms with Gasteiger partial charge in [-0.2, -0.15) is 4.98 Å². The molecule has 0 spiro atoms. The molecule has 0 aliphatic rings. The summed E-state index contributed by atoms with van der Waals surface area (Å²) in [6.07, 6.45) is 3.45. The predicted molar refractivity (Wildman–Crippen MR) is 90.6 cm³/mol. The first kappa shape index (κ1) is 14.9. The van der Waals surface area contributed by atoms with Crippen LogP contribution in [0.3, 0.4) is 0 Å². The molecule has 6 nitrogen and oxygen atoms in total. The van der Waals surface area contributed by atoms with Crippen molar-refractivity contribution in [1.82, 2.24) is 15.0 Å². The molecule has 0 atom stereocenters. The Bertz CT molecular complexity index is 749. The fourth-order valence-corrected chi connectivity index (χ4v) is 2.10. The van der Waals surface area contributed by atoms with Crippen molar-refractivity contribution < 1.29 is 5.11 Å². The lowest BCUT2D eigenvalue weighted by atomic mass is 10.2. The zero-order valence-electron chi connectivity index (χ0n) is 12.5. The maximum absolute atomic E-state index is 8.98. The van der Waals surface area contributed by atoms with Gasteiger partial charge in [0.25, 0.3) is 0 Å². The largest absolute Gasteiger partial charge is 0.395 e. The molecule has 3 aromatic rings. The summed E-state index contributed by atoms with van der Waals surface area (Å²) in [5.41, 5.74) is 2.67. The number of aliphatic hydroxyl groups is 1. The van der Waals surface area contributed by atoms with Crippen LogP contribution in [0.25, 0.3) is 11.3 Å². The van der Waals surface area contributed by atoms with Gasteiger partial charge in [-0.05, 0) is 24.3 Å². The summed E-state index contributed by atoms with van der Waals surface area (Å²) >= 11 is 0. The van der Waals surface area contributed by atoms with Crippen LogP contribution in [0.15, 0.2) is 60.9 Å². The molecular weight excluding hydrogens is 290 g/mol. The molecule has 1 aromatic carbocycles. The molecule has 0 bridgehead atoms. The summed E-state index contributed by atoms with van der Waals surface area (Å²) in [6.45, 7) is 0.412. The van der Waals surface area contributed by atoms with Gasteiger partial charge in [0.2, 0.25) is 5.95 Å². The minimum absolute atomic E-state index is 0.0181. The highest BCUT2D eigenvalue weighted by Gasteiger charge is 2.07. The predicted octanol–water partition coefficient (Wildman–Crippen LogP) is 2.69. The maximum atomic E-state index is 8.98. The van der Waals surface area contributed by atoms with Gasteiger partial charge in [0.05, 0.1) is 12.3 Å². The summed E-state index contributed by atoms with van der Waals surface area (Å²) in [4.78, 5) is 12.9. The van der Waals surface area contributed by atoms with Crippen LogP contribution in [0.4, 0.5) is 17.5 Å². The van der Waals surface area contributed by atoms with Crippen LogP contribution in [-0.4, -0.2) is 33.2 Å². The minimum Gasteiger partial charge on any atom is -0.395 e.